The number of methoxy groups -OCH3 is 1. The number of nitrogens with one attached hydrogen (secondary N) is 2. The number of rotatable bonds is 6. The Morgan fingerprint density at radius 2 is 2.11 bits per heavy atom. The zero-order valence-electron chi connectivity index (χ0n) is 11.0. The molecular formula is C13H17ClN2O3. The fraction of sp³-hybridized carbons (Fsp3) is 0.385. The third-order valence-corrected chi connectivity index (χ3v) is 2.73. The standard InChI is InChI=1S/C13H17ClN2O3/c1-15-7-3-4-12(17)16-11-8-9(14)5-6-10(11)13(18)19-2/h5-6,8,15H,3-4,7H2,1-2H3,(H,16,17). The fourth-order valence-electron chi connectivity index (χ4n) is 1.55. The van der Waals surface area contributed by atoms with E-state index in [0.29, 0.717) is 17.1 Å². The molecule has 0 fully saturated rings. The van der Waals surface area contributed by atoms with Crippen LogP contribution in [0.4, 0.5) is 5.69 Å². The largest absolute Gasteiger partial charge is 0.465 e. The van der Waals surface area contributed by atoms with Crippen molar-refractivity contribution in [1.82, 2.24) is 5.32 Å². The van der Waals surface area contributed by atoms with Gasteiger partial charge in [0, 0.05) is 11.4 Å². The summed E-state index contributed by atoms with van der Waals surface area (Å²) >= 11 is 5.86. The molecule has 0 aliphatic carbocycles. The SMILES string of the molecule is CNCCCC(=O)Nc1cc(Cl)ccc1C(=O)OC. The van der Waals surface area contributed by atoms with E-state index in [1.807, 2.05) is 7.05 Å². The van der Waals surface area contributed by atoms with E-state index in [9.17, 15) is 9.59 Å². The summed E-state index contributed by atoms with van der Waals surface area (Å²) in [5.74, 6) is -0.676. The first-order valence-electron chi connectivity index (χ1n) is 5.90. The van der Waals surface area contributed by atoms with Crippen molar-refractivity contribution < 1.29 is 14.3 Å². The van der Waals surface area contributed by atoms with Crippen LogP contribution in [0.3, 0.4) is 0 Å². The van der Waals surface area contributed by atoms with E-state index < -0.39 is 5.97 Å². The average Bonchev–Trinajstić information content (AvgIpc) is 2.38. The van der Waals surface area contributed by atoms with Gasteiger partial charge in [0.15, 0.2) is 0 Å². The Morgan fingerprint density at radius 1 is 1.37 bits per heavy atom. The van der Waals surface area contributed by atoms with Gasteiger partial charge in [0.25, 0.3) is 0 Å². The summed E-state index contributed by atoms with van der Waals surface area (Å²) in [5, 5.41) is 6.08. The molecule has 1 amide bonds. The van der Waals surface area contributed by atoms with Crippen LogP contribution in [0.1, 0.15) is 23.2 Å². The minimum absolute atomic E-state index is 0.164. The van der Waals surface area contributed by atoms with Crippen LogP contribution in [0.5, 0.6) is 0 Å². The highest BCUT2D eigenvalue weighted by Gasteiger charge is 2.14. The lowest BCUT2D eigenvalue weighted by Gasteiger charge is -2.10. The highest BCUT2D eigenvalue weighted by atomic mass is 35.5. The Bertz CT molecular complexity index is 463. The summed E-state index contributed by atoms with van der Waals surface area (Å²) in [5.41, 5.74) is 0.655. The number of hydrogen-bond donors (Lipinski definition) is 2. The maximum atomic E-state index is 11.7. The normalized spacial score (nSPS) is 10.1. The van der Waals surface area contributed by atoms with Gasteiger partial charge in [-0.2, -0.15) is 0 Å². The second kappa shape index (κ2) is 7.76. The maximum absolute atomic E-state index is 11.7. The van der Waals surface area contributed by atoms with E-state index in [2.05, 4.69) is 15.4 Å². The van der Waals surface area contributed by atoms with Crippen LogP contribution >= 0.6 is 11.6 Å². The molecule has 0 heterocycles. The number of benzene rings is 1. The number of anilines is 1. The molecule has 0 atom stereocenters. The van der Waals surface area contributed by atoms with Crippen molar-refractivity contribution in [3.63, 3.8) is 0 Å². The lowest BCUT2D eigenvalue weighted by Crippen LogP contribution is -2.17. The van der Waals surface area contributed by atoms with Gasteiger partial charge < -0.3 is 15.4 Å². The van der Waals surface area contributed by atoms with Crippen LogP contribution in [-0.4, -0.2) is 32.6 Å². The number of carbonyl (C=O) groups is 2. The summed E-state index contributed by atoms with van der Waals surface area (Å²) < 4.78 is 4.65. The third-order valence-electron chi connectivity index (χ3n) is 2.49. The molecule has 0 saturated heterocycles. The summed E-state index contributed by atoms with van der Waals surface area (Å²) in [6.45, 7) is 0.757. The molecule has 0 aliphatic heterocycles. The summed E-state index contributed by atoms with van der Waals surface area (Å²) in [7, 11) is 3.11. The molecule has 1 aromatic carbocycles. The van der Waals surface area contributed by atoms with Crippen LogP contribution in [0.15, 0.2) is 18.2 Å². The molecule has 1 aromatic rings. The quantitative estimate of drug-likeness (QED) is 0.620. The number of amides is 1. The molecule has 0 bridgehead atoms. The topological polar surface area (TPSA) is 67.4 Å². The molecule has 0 spiro atoms. The number of carbonyl (C=O) groups excluding carboxylic acids is 2. The molecule has 0 radical (unpaired) electrons. The fourth-order valence-corrected chi connectivity index (χ4v) is 1.72. The van der Waals surface area contributed by atoms with Gasteiger partial charge in [-0.15, -0.1) is 0 Å². The molecule has 0 aromatic heterocycles. The summed E-state index contributed by atoms with van der Waals surface area (Å²) in [6, 6.07) is 4.63. The average molecular weight is 285 g/mol. The summed E-state index contributed by atoms with van der Waals surface area (Å²) in [6.07, 6.45) is 1.09. The van der Waals surface area contributed by atoms with Crippen molar-refractivity contribution in [2.75, 3.05) is 26.0 Å². The first kappa shape index (κ1) is 15.5. The van der Waals surface area contributed by atoms with Gasteiger partial charge in [-0.25, -0.2) is 4.79 Å². The van der Waals surface area contributed by atoms with E-state index >= 15 is 0 Å². The van der Waals surface area contributed by atoms with Crippen LogP contribution in [-0.2, 0) is 9.53 Å². The Balaban J connectivity index is 2.78. The van der Waals surface area contributed by atoms with Crippen LogP contribution < -0.4 is 10.6 Å². The molecule has 6 heteroatoms. The van der Waals surface area contributed by atoms with Crippen LogP contribution in [0.2, 0.25) is 5.02 Å². The number of hydrogen-bond acceptors (Lipinski definition) is 4. The predicted octanol–water partition coefficient (Wildman–Crippen LogP) is 2.06. The molecule has 0 unspecified atom stereocenters. The van der Waals surface area contributed by atoms with Gasteiger partial charge in [-0.3, -0.25) is 4.79 Å². The van der Waals surface area contributed by atoms with Crippen molar-refractivity contribution in [2.24, 2.45) is 0 Å². The molecule has 0 saturated carbocycles. The Kier molecular flexibility index (Phi) is 6.32. The van der Waals surface area contributed by atoms with Crippen molar-refractivity contribution >= 4 is 29.2 Å². The van der Waals surface area contributed by atoms with E-state index in [4.69, 9.17) is 11.6 Å². The molecule has 2 N–H and O–H groups in total. The first-order valence-corrected chi connectivity index (χ1v) is 6.28. The number of ether oxygens (including phenoxy) is 1. The lowest BCUT2D eigenvalue weighted by molar-refractivity contribution is -0.116. The van der Waals surface area contributed by atoms with Crippen molar-refractivity contribution in [3.05, 3.63) is 28.8 Å². The highest BCUT2D eigenvalue weighted by Crippen LogP contribution is 2.22. The van der Waals surface area contributed by atoms with Gasteiger partial charge in [0.05, 0.1) is 18.4 Å². The van der Waals surface area contributed by atoms with Crippen LogP contribution in [0.25, 0.3) is 0 Å². The smallest absolute Gasteiger partial charge is 0.339 e. The Morgan fingerprint density at radius 3 is 2.74 bits per heavy atom. The van der Waals surface area contributed by atoms with E-state index in [1.165, 1.54) is 19.2 Å². The lowest BCUT2D eigenvalue weighted by atomic mass is 10.1. The molecule has 1 rings (SSSR count). The van der Waals surface area contributed by atoms with Gasteiger partial charge in [-0.05, 0) is 38.2 Å². The van der Waals surface area contributed by atoms with Crippen molar-refractivity contribution in [1.29, 1.82) is 0 Å². The molecule has 5 nitrogen and oxygen atoms in total. The van der Waals surface area contributed by atoms with E-state index in [0.717, 1.165) is 13.0 Å². The summed E-state index contributed by atoms with van der Waals surface area (Å²) in [4.78, 5) is 23.3. The minimum Gasteiger partial charge on any atom is -0.465 e. The Labute approximate surface area is 117 Å². The monoisotopic (exact) mass is 284 g/mol. The van der Waals surface area contributed by atoms with Gasteiger partial charge in [0.1, 0.15) is 0 Å². The van der Waals surface area contributed by atoms with Crippen LogP contribution in [0, 0.1) is 0 Å². The first-order chi connectivity index (χ1) is 9.08. The van der Waals surface area contributed by atoms with E-state index in [1.54, 1.807) is 6.07 Å². The van der Waals surface area contributed by atoms with Gasteiger partial charge in [0.2, 0.25) is 5.91 Å². The van der Waals surface area contributed by atoms with Crippen molar-refractivity contribution in [2.45, 2.75) is 12.8 Å². The zero-order valence-corrected chi connectivity index (χ0v) is 11.7. The Hall–Kier alpha value is -1.59. The van der Waals surface area contributed by atoms with E-state index in [-0.39, 0.29) is 11.5 Å². The van der Waals surface area contributed by atoms with Gasteiger partial charge >= 0.3 is 5.97 Å². The highest BCUT2D eigenvalue weighted by molar-refractivity contribution is 6.31. The predicted molar refractivity (Wildman–Crippen MR) is 74.6 cm³/mol. The maximum Gasteiger partial charge on any atom is 0.339 e. The number of halogens is 1. The second-order valence-corrected chi connectivity index (χ2v) is 4.37. The molecule has 19 heavy (non-hydrogen) atoms. The zero-order chi connectivity index (χ0) is 14.3. The molecule has 0 aliphatic rings. The van der Waals surface area contributed by atoms with Gasteiger partial charge in [-0.1, -0.05) is 11.6 Å². The molecule has 104 valence electrons. The molecular weight excluding hydrogens is 268 g/mol. The number of esters is 1. The third kappa shape index (κ3) is 4.89. The minimum atomic E-state index is -0.512. The van der Waals surface area contributed by atoms with Crippen molar-refractivity contribution in [3.8, 4) is 0 Å². The second-order valence-electron chi connectivity index (χ2n) is 3.94.